The molecular weight excluding hydrogens is 355 g/mol. The number of hydrogen-bond acceptors (Lipinski definition) is 4. The normalized spacial score (nSPS) is 10.6. The van der Waals surface area contributed by atoms with Gasteiger partial charge >= 0.3 is 0 Å². The van der Waals surface area contributed by atoms with E-state index in [1.807, 2.05) is 12.1 Å². The summed E-state index contributed by atoms with van der Waals surface area (Å²) in [6, 6.07) is 11.5. The predicted octanol–water partition coefficient (Wildman–Crippen LogP) is 3.70. The van der Waals surface area contributed by atoms with Gasteiger partial charge < -0.3 is 10.1 Å². The van der Waals surface area contributed by atoms with E-state index in [9.17, 15) is 9.18 Å². The van der Waals surface area contributed by atoms with Gasteiger partial charge in [-0.2, -0.15) is 5.10 Å². The van der Waals surface area contributed by atoms with Crippen molar-refractivity contribution >= 4 is 23.8 Å². The van der Waals surface area contributed by atoms with Crippen molar-refractivity contribution in [1.29, 1.82) is 0 Å². The van der Waals surface area contributed by atoms with E-state index in [0.29, 0.717) is 21.8 Å². The SMILES string of the molecule is COc1ccc(-c2n[nH]c(=S)n2CC(=O)Nc2ccc(F)cc2C)cc1. The summed E-state index contributed by atoms with van der Waals surface area (Å²) in [4.78, 5) is 12.4. The van der Waals surface area contributed by atoms with E-state index in [1.54, 1.807) is 30.7 Å². The van der Waals surface area contributed by atoms with Gasteiger partial charge in [0.1, 0.15) is 18.1 Å². The average Bonchev–Trinajstić information content (AvgIpc) is 2.98. The van der Waals surface area contributed by atoms with Gasteiger partial charge in [0, 0.05) is 11.3 Å². The number of rotatable bonds is 5. The lowest BCUT2D eigenvalue weighted by molar-refractivity contribution is -0.116. The van der Waals surface area contributed by atoms with Crippen molar-refractivity contribution in [3.05, 3.63) is 58.6 Å². The molecule has 1 aromatic heterocycles. The number of benzene rings is 2. The van der Waals surface area contributed by atoms with E-state index in [1.165, 1.54) is 18.2 Å². The minimum Gasteiger partial charge on any atom is -0.497 e. The van der Waals surface area contributed by atoms with E-state index in [-0.39, 0.29) is 18.3 Å². The van der Waals surface area contributed by atoms with Gasteiger partial charge in [-0.1, -0.05) is 0 Å². The molecule has 3 aromatic rings. The highest BCUT2D eigenvalue weighted by Crippen LogP contribution is 2.21. The number of halogens is 1. The molecule has 0 fully saturated rings. The molecule has 2 N–H and O–H groups in total. The molecule has 0 aliphatic heterocycles. The first-order valence-corrected chi connectivity index (χ1v) is 8.24. The van der Waals surface area contributed by atoms with Crippen LogP contribution in [-0.2, 0) is 11.3 Å². The van der Waals surface area contributed by atoms with E-state index < -0.39 is 0 Å². The lowest BCUT2D eigenvalue weighted by Gasteiger charge is -2.10. The van der Waals surface area contributed by atoms with E-state index in [0.717, 1.165) is 11.3 Å². The Balaban J connectivity index is 1.82. The maximum Gasteiger partial charge on any atom is 0.244 e. The lowest BCUT2D eigenvalue weighted by Crippen LogP contribution is -2.20. The molecule has 0 unspecified atom stereocenters. The molecule has 8 heteroatoms. The molecule has 0 saturated heterocycles. The largest absolute Gasteiger partial charge is 0.497 e. The fraction of sp³-hybridized carbons (Fsp3) is 0.167. The summed E-state index contributed by atoms with van der Waals surface area (Å²) in [7, 11) is 1.59. The van der Waals surface area contributed by atoms with Gasteiger partial charge in [-0.15, -0.1) is 0 Å². The number of H-pyrrole nitrogens is 1. The number of carbonyl (C=O) groups is 1. The molecule has 1 amide bonds. The van der Waals surface area contributed by atoms with Gasteiger partial charge in [0.25, 0.3) is 0 Å². The summed E-state index contributed by atoms with van der Waals surface area (Å²) < 4.78 is 20.3. The third-order valence-corrected chi connectivity index (χ3v) is 4.18. The van der Waals surface area contributed by atoms with Crippen molar-refractivity contribution in [3.63, 3.8) is 0 Å². The molecule has 0 aliphatic rings. The van der Waals surface area contributed by atoms with Gasteiger partial charge in [-0.05, 0) is 67.2 Å². The molecule has 134 valence electrons. The third kappa shape index (κ3) is 3.80. The Morgan fingerprint density at radius 2 is 2.04 bits per heavy atom. The monoisotopic (exact) mass is 372 g/mol. The molecule has 26 heavy (non-hydrogen) atoms. The number of hydrogen-bond donors (Lipinski definition) is 2. The second-order valence-electron chi connectivity index (χ2n) is 5.67. The molecular formula is C18H17FN4O2S. The van der Waals surface area contributed by atoms with Crippen molar-refractivity contribution in [2.24, 2.45) is 0 Å². The average molecular weight is 372 g/mol. The number of amides is 1. The number of anilines is 1. The quantitative estimate of drug-likeness (QED) is 0.670. The van der Waals surface area contributed by atoms with Crippen molar-refractivity contribution in [2.75, 3.05) is 12.4 Å². The van der Waals surface area contributed by atoms with Crippen molar-refractivity contribution in [2.45, 2.75) is 13.5 Å². The smallest absolute Gasteiger partial charge is 0.244 e. The number of aromatic nitrogens is 3. The maximum absolute atomic E-state index is 13.2. The minimum absolute atomic E-state index is 0.0203. The van der Waals surface area contributed by atoms with Crippen LogP contribution in [0.15, 0.2) is 42.5 Å². The highest BCUT2D eigenvalue weighted by atomic mass is 32.1. The van der Waals surface area contributed by atoms with Crippen molar-refractivity contribution in [3.8, 4) is 17.1 Å². The number of methoxy groups -OCH3 is 1. The Kier molecular flexibility index (Phi) is 5.13. The molecule has 6 nitrogen and oxygen atoms in total. The fourth-order valence-electron chi connectivity index (χ4n) is 2.53. The zero-order valence-electron chi connectivity index (χ0n) is 14.2. The number of aromatic amines is 1. The van der Waals surface area contributed by atoms with Gasteiger partial charge in [-0.25, -0.2) is 4.39 Å². The topological polar surface area (TPSA) is 71.9 Å². The highest BCUT2D eigenvalue weighted by molar-refractivity contribution is 7.71. The number of nitrogens with zero attached hydrogens (tertiary/aromatic N) is 2. The highest BCUT2D eigenvalue weighted by Gasteiger charge is 2.13. The molecule has 0 radical (unpaired) electrons. The second-order valence-corrected chi connectivity index (χ2v) is 6.06. The Bertz CT molecular complexity index is 995. The van der Waals surface area contributed by atoms with Crippen LogP contribution in [0.4, 0.5) is 10.1 Å². The van der Waals surface area contributed by atoms with Crippen LogP contribution < -0.4 is 10.1 Å². The van der Waals surface area contributed by atoms with E-state index in [4.69, 9.17) is 17.0 Å². The second kappa shape index (κ2) is 7.49. The van der Waals surface area contributed by atoms with Crippen LogP contribution in [-0.4, -0.2) is 27.8 Å². The maximum atomic E-state index is 13.2. The number of carbonyl (C=O) groups excluding carboxylic acids is 1. The van der Waals surface area contributed by atoms with Crippen LogP contribution in [0.1, 0.15) is 5.56 Å². The van der Waals surface area contributed by atoms with Crippen LogP contribution >= 0.6 is 12.2 Å². The zero-order chi connectivity index (χ0) is 18.7. The molecule has 1 heterocycles. The van der Waals surface area contributed by atoms with E-state index in [2.05, 4.69) is 15.5 Å². The van der Waals surface area contributed by atoms with Gasteiger partial charge in [0.2, 0.25) is 5.91 Å². The fourth-order valence-corrected chi connectivity index (χ4v) is 2.72. The number of ether oxygens (including phenoxy) is 1. The van der Waals surface area contributed by atoms with Crippen molar-refractivity contribution in [1.82, 2.24) is 14.8 Å². The summed E-state index contributed by atoms with van der Waals surface area (Å²) in [5.74, 6) is 0.633. The van der Waals surface area contributed by atoms with Gasteiger partial charge in [0.05, 0.1) is 7.11 Å². The Morgan fingerprint density at radius 1 is 1.31 bits per heavy atom. The first kappa shape index (κ1) is 17.8. The summed E-state index contributed by atoms with van der Waals surface area (Å²) >= 11 is 5.24. The summed E-state index contributed by atoms with van der Waals surface area (Å²) in [6.07, 6.45) is 0. The summed E-state index contributed by atoms with van der Waals surface area (Å²) in [5.41, 5.74) is 1.99. The molecule has 0 saturated carbocycles. The summed E-state index contributed by atoms with van der Waals surface area (Å²) in [5, 5.41) is 9.68. The molecule has 0 aliphatic carbocycles. The number of nitrogens with one attached hydrogen (secondary N) is 2. The van der Waals surface area contributed by atoms with E-state index >= 15 is 0 Å². The molecule has 0 bridgehead atoms. The van der Waals surface area contributed by atoms with Crippen LogP contribution in [0.2, 0.25) is 0 Å². The van der Waals surface area contributed by atoms with Crippen LogP contribution in [0.25, 0.3) is 11.4 Å². The minimum atomic E-state index is -0.348. The molecule has 0 atom stereocenters. The Morgan fingerprint density at radius 3 is 2.69 bits per heavy atom. The van der Waals surface area contributed by atoms with Crippen molar-refractivity contribution < 1.29 is 13.9 Å². The Hall–Kier alpha value is -3.00. The zero-order valence-corrected chi connectivity index (χ0v) is 15.1. The molecule has 2 aromatic carbocycles. The third-order valence-electron chi connectivity index (χ3n) is 3.87. The first-order chi connectivity index (χ1) is 12.5. The first-order valence-electron chi connectivity index (χ1n) is 7.83. The summed E-state index contributed by atoms with van der Waals surface area (Å²) in [6.45, 7) is 1.71. The van der Waals surface area contributed by atoms with Crippen LogP contribution in [0.5, 0.6) is 5.75 Å². The predicted molar refractivity (Wildman–Crippen MR) is 99.2 cm³/mol. The van der Waals surface area contributed by atoms with Gasteiger partial charge in [-0.3, -0.25) is 14.5 Å². The Labute approximate surface area is 154 Å². The molecule has 0 spiro atoms. The molecule has 3 rings (SSSR count). The van der Waals surface area contributed by atoms with Crippen LogP contribution in [0.3, 0.4) is 0 Å². The number of aryl methyl sites for hydroxylation is 1. The van der Waals surface area contributed by atoms with Crippen LogP contribution in [0, 0.1) is 17.5 Å². The van der Waals surface area contributed by atoms with Gasteiger partial charge in [0.15, 0.2) is 10.6 Å². The standard InChI is InChI=1S/C18H17FN4O2S/c1-11-9-13(19)5-8-15(11)20-16(24)10-23-17(21-22-18(23)26)12-3-6-14(25-2)7-4-12/h3-9H,10H2,1-2H3,(H,20,24)(H,22,26). The lowest BCUT2D eigenvalue weighted by atomic mass is 10.2.